The van der Waals surface area contributed by atoms with Crippen LogP contribution in [0.2, 0.25) is 0 Å². The second-order valence-electron chi connectivity index (χ2n) is 6.53. The third kappa shape index (κ3) is 3.28. The molecule has 2 aliphatic heterocycles. The molecule has 8 heteroatoms. The Kier molecular flexibility index (Phi) is 4.83. The zero-order valence-corrected chi connectivity index (χ0v) is 15.0. The number of hydrogen-bond acceptors (Lipinski definition) is 4. The predicted molar refractivity (Wildman–Crippen MR) is 92.0 cm³/mol. The molecule has 2 heterocycles. The highest BCUT2D eigenvalue weighted by Crippen LogP contribution is 2.32. The van der Waals surface area contributed by atoms with Crippen molar-refractivity contribution in [3.05, 3.63) is 23.8 Å². The van der Waals surface area contributed by atoms with Crippen molar-refractivity contribution in [2.24, 2.45) is 0 Å². The third-order valence-electron chi connectivity index (χ3n) is 4.90. The van der Waals surface area contributed by atoms with Crippen molar-refractivity contribution >= 4 is 27.6 Å². The topological polar surface area (TPSA) is 95.0 Å². The molecular weight excluding hydrogens is 344 g/mol. The number of aryl methyl sites for hydroxylation is 1. The van der Waals surface area contributed by atoms with Gasteiger partial charge in [0.15, 0.2) is 0 Å². The number of hydrogen-bond donors (Lipinski definition) is 1. The van der Waals surface area contributed by atoms with E-state index in [0.29, 0.717) is 31.5 Å². The number of piperidine rings is 1. The Hall–Kier alpha value is -1.93. The van der Waals surface area contributed by atoms with Crippen molar-refractivity contribution in [2.75, 3.05) is 18.0 Å². The van der Waals surface area contributed by atoms with Crippen molar-refractivity contribution in [1.29, 1.82) is 0 Å². The van der Waals surface area contributed by atoms with E-state index in [2.05, 4.69) is 0 Å². The number of amides is 1. The van der Waals surface area contributed by atoms with E-state index in [1.165, 1.54) is 19.1 Å². The van der Waals surface area contributed by atoms with Crippen LogP contribution in [-0.2, 0) is 26.0 Å². The number of carbonyl (C=O) groups is 2. The van der Waals surface area contributed by atoms with Crippen LogP contribution < -0.4 is 4.90 Å². The number of anilines is 1. The molecule has 0 bridgehead atoms. The van der Waals surface area contributed by atoms with E-state index in [1.54, 1.807) is 11.0 Å². The molecule has 1 aromatic carbocycles. The molecule has 3 rings (SSSR count). The van der Waals surface area contributed by atoms with E-state index < -0.39 is 22.0 Å². The summed E-state index contributed by atoms with van der Waals surface area (Å²) >= 11 is 0. The van der Waals surface area contributed by atoms with E-state index in [1.807, 2.05) is 0 Å². The Balaban J connectivity index is 2.02. The standard InChI is InChI=1S/C17H22N2O5S/c1-12(20)18-9-4-5-13-7-8-14(11-16(13)18)25(23,24)19-10-3-2-6-15(19)17(21)22/h7-8,11,15H,2-6,9-10H2,1H3,(H,21,22). The molecule has 2 aliphatic rings. The summed E-state index contributed by atoms with van der Waals surface area (Å²) in [6.45, 7) is 2.22. The first-order valence-electron chi connectivity index (χ1n) is 8.48. The van der Waals surface area contributed by atoms with Gasteiger partial charge in [-0.15, -0.1) is 0 Å². The molecule has 136 valence electrons. The van der Waals surface area contributed by atoms with Crippen LogP contribution in [0.15, 0.2) is 23.1 Å². The SMILES string of the molecule is CC(=O)N1CCCc2ccc(S(=O)(=O)N3CCCCC3C(=O)O)cc21. The number of nitrogens with zero attached hydrogens (tertiary/aromatic N) is 2. The molecule has 0 saturated carbocycles. The molecule has 1 N–H and O–H groups in total. The molecule has 1 fully saturated rings. The van der Waals surface area contributed by atoms with Gasteiger partial charge < -0.3 is 10.0 Å². The van der Waals surface area contributed by atoms with E-state index in [-0.39, 0.29) is 17.3 Å². The molecule has 1 saturated heterocycles. The zero-order valence-electron chi connectivity index (χ0n) is 14.1. The number of aliphatic carboxylic acids is 1. The van der Waals surface area contributed by atoms with Crippen molar-refractivity contribution in [2.45, 2.75) is 50.0 Å². The fraction of sp³-hybridized carbons (Fsp3) is 0.529. The minimum atomic E-state index is -3.92. The number of fused-ring (bicyclic) bond motifs is 1. The summed E-state index contributed by atoms with van der Waals surface area (Å²) < 4.78 is 27.1. The van der Waals surface area contributed by atoms with Crippen LogP contribution in [0, 0.1) is 0 Å². The normalized spacial score (nSPS) is 21.6. The highest BCUT2D eigenvalue weighted by molar-refractivity contribution is 7.89. The third-order valence-corrected chi connectivity index (χ3v) is 6.81. The summed E-state index contributed by atoms with van der Waals surface area (Å²) in [5.74, 6) is -1.25. The van der Waals surface area contributed by atoms with Gasteiger partial charge in [0.2, 0.25) is 15.9 Å². The first-order valence-corrected chi connectivity index (χ1v) is 9.92. The number of rotatable bonds is 3. The van der Waals surface area contributed by atoms with Crippen LogP contribution in [0.4, 0.5) is 5.69 Å². The summed E-state index contributed by atoms with van der Waals surface area (Å²) in [6, 6.07) is 3.74. The van der Waals surface area contributed by atoms with Crippen LogP contribution in [-0.4, -0.2) is 48.8 Å². The Morgan fingerprint density at radius 3 is 2.60 bits per heavy atom. The van der Waals surface area contributed by atoms with Crippen molar-refractivity contribution in [3.63, 3.8) is 0 Å². The fourth-order valence-corrected chi connectivity index (χ4v) is 5.29. The Morgan fingerprint density at radius 1 is 1.16 bits per heavy atom. The molecule has 0 radical (unpaired) electrons. The molecule has 1 atom stereocenters. The van der Waals surface area contributed by atoms with E-state index in [0.717, 1.165) is 22.7 Å². The summed E-state index contributed by atoms with van der Waals surface area (Å²) in [5.41, 5.74) is 1.55. The Morgan fingerprint density at radius 2 is 1.92 bits per heavy atom. The average molecular weight is 366 g/mol. The van der Waals surface area contributed by atoms with Crippen LogP contribution in [0.1, 0.15) is 38.2 Å². The van der Waals surface area contributed by atoms with Crippen molar-refractivity contribution in [3.8, 4) is 0 Å². The molecule has 1 aromatic rings. The van der Waals surface area contributed by atoms with Gasteiger partial charge in [-0.2, -0.15) is 4.31 Å². The second kappa shape index (κ2) is 6.76. The van der Waals surface area contributed by atoms with E-state index in [9.17, 15) is 23.1 Å². The van der Waals surface area contributed by atoms with Gasteiger partial charge in [0.25, 0.3) is 0 Å². The van der Waals surface area contributed by atoms with E-state index >= 15 is 0 Å². The minimum absolute atomic E-state index is 0.0487. The summed E-state index contributed by atoms with van der Waals surface area (Å²) in [4.78, 5) is 24.9. The molecule has 0 aromatic heterocycles. The number of carboxylic acids is 1. The number of benzene rings is 1. The van der Waals surface area contributed by atoms with Gasteiger partial charge in [0.05, 0.1) is 4.90 Å². The smallest absolute Gasteiger partial charge is 0.322 e. The van der Waals surface area contributed by atoms with Gasteiger partial charge in [-0.25, -0.2) is 8.42 Å². The number of carbonyl (C=O) groups excluding carboxylic acids is 1. The number of carboxylic acid groups (broad SMARTS) is 1. The highest BCUT2D eigenvalue weighted by atomic mass is 32.2. The molecular formula is C17H22N2O5S. The zero-order chi connectivity index (χ0) is 18.2. The van der Waals surface area contributed by atoms with Crippen molar-refractivity contribution < 1.29 is 23.1 Å². The maximum atomic E-state index is 13.0. The summed E-state index contributed by atoms with van der Waals surface area (Å²) in [7, 11) is -3.92. The second-order valence-corrected chi connectivity index (χ2v) is 8.42. The van der Waals surface area contributed by atoms with Crippen LogP contribution in [0.5, 0.6) is 0 Å². The first kappa shape index (κ1) is 17.9. The maximum Gasteiger partial charge on any atom is 0.322 e. The molecule has 25 heavy (non-hydrogen) atoms. The molecule has 7 nitrogen and oxygen atoms in total. The Bertz CT molecular complexity index is 805. The molecule has 1 unspecified atom stereocenters. The lowest BCUT2D eigenvalue weighted by Crippen LogP contribution is -2.47. The summed E-state index contributed by atoms with van der Waals surface area (Å²) in [5, 5.41) is 9.37. The molecule has 1 amide bonds. The van der Waals surface area contributed by atoms with Gasteiger partial charge in [-0.3, -0.25) is 9.59 Å². The van der Waals surface area contributed by atoms with Gasteiger partial charge in [0.1, 0.15) is 6.04 Å². The number of sulfonamides is 1. The monoisotopic (exact) mass is 366 g/mol. The van der Waals surface area contributed by atoms with Crippen LogP contribution in [0.25, 0.3) is 0 Å². The predicted octanol–water partition coefficient (Wildman–Crippen LogP) is 1.61. The van der Waals surface area contributed by atoms with Crippen molar-refractivity contribution in [1.82, 2.24) is 4.31 Å². The van der Waals surface area contributed by atoms with Gasteiger partial charge in [0, 0.05) is 25.7 Å². The maximum absolute atomic E-state index is 13.0. The van der Waals surface area contributed by atoms with E-state index in [4.69, 9.17) is 0 Å². The Labute approximate surface area is 147 Å². The fourth-order valence-electron chi connectivity index (χ4n) is 3.62. The lowest BCUT2D eigenvalue weighted by molar-refractivity contribution is -0.142. The lowest BCUT2D eigenvalue weighted by atomic mass is 10.0. The lowest BCUT2D eigenvalue weighted by Gasteiger charge is -2.33. The van der Waals surface area contributed by atoms with Gasteiger partial charge in [-0.1, -0.05) is 6.07 Å². The minimum Gasteiger partial charge on any atom is -0.480 e. The molecule has 0 spiro atoms. The average Bonchev–Trinajstić information content (AvgIpc) is 2.60. The quantitative estimate of drug-likeness (QED) is 0.877. The van der Waals surface area contributed by atoms with Gasteiger partial charge >= 0.3 is 5.97 Å². The first-order chi connectivity index (χ1) is 11.8. The van der Waals surface area contributed by atoms with Crippen LogP contribution >= 0.6 is 0 Å². The van der Waals surface area contributed by atoms with Gasteiger partial charge in [-0.05, 0) is 49.8 Å². The largest absolute Gasteiger partial charge is 0.480 e. The summed E-state index contributed by atoms with van der Waals surface area (Å²) in [6.07, 6.45) is 3.30. The molecule has 0 aliphatic carbocycles. The highest BCUT2D eigenvalue weighted by Gasteiger charge is 2.38. The van der Waals surface area contributed by atoms with Crippen LogP contribution in [0.3, 0.4) is 0 Å².